The van der Waals surface area contributed by atoms with E-state index in [1.165, 1.54) is 0 Å². The highest BCUT2D eigenvalue weighted by atomic mass is 16.5. The molecule has 0 amide bonds. The summed E-state index contributed by atoms with van der Waals surface area (Å²) in [6.07, 6.45) is 4.05. The van der Waals surface area contributed by atoms with Gasteiger partial charge in [-0.1, -0.05) is 37.1 Å². The molecular formula is C25H36O5. The van der Waals surface area contributed by atoms with Crippen LogP contribution in [0.1, 0.15) is 74.7 Å². The van der Waals surface area contributed by atoms with Gasteiger partial charge in [0.05, 0.1) is 11.0 Å². The summed E-state index contributed by atoms with van der Waals surface area (Å²) in [7, 11) is 0. The Morgan fingerprint density at radius 3 is 2.07 bits per heavy atom. The fourth-order valence-corrected chi connectivity index (χ4v) is 3.81. The Hall–Kier alpha value is -2.14. The van der Waals surface area contributed by atoms with Crippen molar-refractivity contribution in [3.63, 3.8) is 0 Å². The molecule has 1 saturated heterocycles. The smallest absolute Gasteiger partial charge is 0.184 e. The standard InChI is InChI=1S/C25H36O5/c1-14(2)9-11-25(12-10-15(3)4)22(27)17-13-18(24(7,8)29)30-21(17)19(23(25)28)20(26)16(5)6/h9-10,16,18,27,29H,11-13H2,1-8H3. The van der Waals surface area contributed by atoms with Crippen LogP contribution < -0.4 is 0 Å². The number of Topliss-reactive ketones (excluding diaryl/α,β-unsaturated/α-hetero) is 2. The first-order valence-electron chi connectivity index (χ1n) is 10.6. The number of hydrogen-bond acceptors (Lipinski definition) is 5. The van der Waals surface area contributed by atoms with Gasteiger partial charge in [-0.05, 0) is 54.4 Å². The Kier molecular flexibility index (Phi) is 6.87. The van der Waals surface area contributed by atoms with Crippen molar-refractivity contribution in [2.75, 3.05) is 0 Å². The molecule has 1 fully saturated rings. The minimum Gasteiger partial charge on any atom is -0.511 e. The van der Waals surface area contributed by atoms with Crippen LogP contribution in [0.3, 0.4) is 0 Å². The number of fused-ring (bicyclic) bond motifs is 1. The van der Waals surface area contributed by atoms with Crippen LogP contribution in [-0.4, -0.2) is 33.5 Å². The molecule has 166 valence electrons. The Labute approximate surface area is 180 Å². The number of aliphatic hydroxyl groups is 2. The second-order valence-corrected chi connectivity index (χ2v) is 9.90. The lowest BCUT2D eigenvalue weighted by molar-refractivity contribution is -0.129. The Morgan fingerprint density at radius 2 is 1.67 bits per heavy atom. The molecule has 0 bridgehead atoms. The fourth-order valence-electron chi connectivity index (χ4n) is 3.81. The van der Waals surface area contributed by atoms with E-state index < -0.39 is 28.8 Å². The van der Waals surface area contributed by atoms with Gasteiger partial charge < -0.3 is 14.9 Å². The maximum Gasteiger partial charge on any atom is 0.184 e. The quantitative estimate of drug-likeness (QED) is 0.444. The molecule has 0 spiro atoms. The molecule has 1 heterocycles. The third-order valence-corrected chi connectivity index (χ3v) is 5.83. The summed E-state index contributed by atoms with van der Waals surface area (Å²) in [5, 5.41) is 21.9. The van der Waals surface area contributed by atoms with Gasteiger partial charge in [-0.15, -0.1) is 0 Å². The lowest BCUT2D eigenvalue weighted by Crippen LogP contribution is -2.41. The van der Waals surface area contributed by atoms with Crippen LogP contribution >= 0.6 is 0 Å². The van der Waals surface area contributed by atoms with Gasteiger partial charge in [-0.25, -0.2) is 0 Å². The molecule has 0 aromatic heterocycles. The normalized spacial score (nSPS) is 20.9. The summed E-state index contributed by atoms with van der Waals surface area (Å²) < 4.78 is 5.94. The van der Waals surface area contributed by atoms with Gasteiger partial charge in [0, 0.05) is 17.9 Å². The predicted octanol–water partition coefficient (Wildman–Crippen LogP) is 5.12. The molecule has 0 aromatic carbocycles. The zero-order valence-electron chi connectivity index (χ0n) is 19.5. The second-order valence-electron chi connectivity index (χ2n) is 9.90. The molecule has 1 atom stereocenters. The number of carbonyl (C=O) groups is 2. The van der Waals surface area contributed by atoms with Crippen LogP contribution in [0.2, 0.25) is 0 Å². The van der Waals surface area contributed by atoms with Gasteiger partial charge in [0.1, 0.15) is 23.2 Å². The monoisotopic (exact) mass is 416 g/mol. The van der Waals surface area contributed by atoms with Crippen molar-refractivity contribution in [3.8, 4) is 0 Å². The summed E-state index contributed by atoms with van der Waals surface area (Å²) in [4.78, 5) is 27.0. The van der Waals surface area contributed by atoms with Crippen LogP contribution in [0.5, 0.6) is 0 Å². The van der Waals surface area contributed by atoms with Crippen LogP contribution in [0.4, 0.5) is 0 Å². The number of carbonyl (C=O) groups excluding carboxylic acids is 2. The van der Waals surface area contributed by atoms with E-state index in [4.69, 9.17) is 4.74 Å². The molecule has 2 aliphatic rings. The predicted molar refractivity (Wildman–Crippen MR) is 118 cm³/mol. The van der Waals surface area contributed by atoms with E-state index in [9.17, 15) is 19.8 Å². The molecule has 0 saturated carbocycles. The van der Waals surface area contributed by atoms with E-state index >= 15 is 0 Å². The summed E-state index contributed by atoms with van der Waals surface area (Å²) in [5.41, 5.74) is 0.116. The van der Waals surface area contributed by atoms with Crippen molar-refractivity contribution in [3.05, 3.63) is 46.0 Å². The number of rotatable bonds is 7. The van der Waals surface area contributed by atoms with Crippen molar-refractivity contribution in [1.29, 1.82) is 0 Å². The second kappa shape index (κ2) is 8.54. The lowest BCUT2D eigenvalue weighted by atomic mass is 9.66. The first-order valence-corrected chi connectivity index (χ1v) is 10.6. The highest BCUT2D eigenvalue weighted by Gasteiger charge is 2.54. The van der Waals surface area contributed by atoms with E-state index in [2.05, 4.69) is 0 Å². The average molecular weight is 417 g/mol. The molecule has 1 unspecified atom stereocenters. The highest BCUT2D eigenvalue weighted by molar-refractivity contribution is 6.25. The first-order chi connectivity index (χ1) is 13.7. The number of aliphatic hydroxyl groups excluding tert-OH is 1. The van der Waals surface area contributed by atoms with Crippen molar-refractivity contribution in [1.82, 2.24) is 0 Å². The van der Waals surface area contributed by atoms with Crippen LogP contribution in [-0.2, 0) is 14.3 Å². The van der Waals surface area contributed by atoms with Crippen LogP contribution in [0.25, 0.3) is 0 Å². The van der Waals surface area contributed by atoms with E-state index in [-0.39, 0.29) is 29.3 Å². The zero-order chi connectivity index (χ0) is 23.0. The molecule has 5 heteroatoms. The van der Waals surface area contributed by atoms with Gasteiger partial charge in [-0.2, -0.15) is 0 Å². The summed E-state index contributed by atoms with van der Waals surface area (Å²) >= 11 is 0. The molecular weight excluding hydrogens is 380 g/mol. The van der Waals surface area contributed by atoms with Gasteiger partial charge in [0.25, 0.3) is 0 Å². The van der Waals surface area contributed by atoms with Crippen molar-refractivity contribution >= 4 is 11.6 Å². The number of hydrogen-bond donors (Lipinski definition) is 2. The van der Waals surface area contributed by atoms with Crippen LogP contribution in [0, 0.1) is 11.3 Å². The number of allylic oxidation sites excluding steroid dienone is 7. The minimum absolute atomic E-state index is 0.0221. The molecule has 2 rings (SSSR count). The van der Waals surface area contributed by atoms with E-state index in [1.807, 2.05) is 39.8 Å². The Balaban J connectivity index is 2.79. The number of ether oxygens (including phenoxy) is 1. The minimum atomic E-state index is -1.24. The SMILES string of the molecule is CC(C)=CCC1(CC=C(C)C)C(=O)C(C(=O)C(C)C)=C2OC(C(C)(C)O)CC2=C1O. The van der Waals surface area contributed by atoms with Gasteiger partial charge >= 0.3 is 0 Å². The first kappa shape index (κ1) is 24.1. The molecule has 0 radical (unpaired) electrons. The molecule has 5 nitrogen and oxygen atoms in total. The Bertz CT molecular complexity index is 830. The van der Waals surface area contributed by atoms with Crippen LogP contribution in [0.15, 0.2) is 46.0 Å². The zero-order valence-corrected chi connectivity index (χ0v) is 19.5. The maximum absolute atomic E-state index is 13.9. The van der Waals surface area contributed by atoms with Gasteiger partial charge in [0.15, 0.2) is 11.6 Å². The maximum atomic E-state index is 13.9. The third-order valence-electron chi connectivity index (χ3n) is 5.83. The van der Waals surface area contributed by atoms with Gasteiger partial charge in [-0.3, -0.25) is 9.59 Å². The third kappa shape index (κ3) is 4.46. The molecule has 2 N–H and O–H groups in total. The number of ketones is 2. The average Bonchev–Trinajstić information content (AvgIpc) is 3.06. The fraction of sp³-hybridized carbons (Fsp3) is 0.600. The molecule has 1 aliphatic heterocycles. The van der Waals surface area contributed by atoms with Crippen molar-refractivity contribution in [2.24, 2.45) is 11.3 Å². The molecule has 30 heavy (non-hydrogen) atoms. The Morgan fingerprint density at radius 1 is 1.17 bits per heavy atom. The largest absolute Gasteiger partial charge is 0.511 e. The summed E-state index contributed by atoms with van der Waals surface area (Å²) in [6.45, 7) is 14.5. The highest BCUT2D eigenvalue weighted by Crippen LogP contribution is 2.51. The summed E-state index contributed by atoms with van der Waals surface area (Å²) in [6, 6.07) is 0. The lowest BCUT2D eigenvalue weighted by Gasteiger charge is -2.35. The van der Waals surface area contributed by atoms with Gasteiger partial charge in [0.2, 0.25) is 0 Å². The van der Waals surface area contributed by atoms with E-state index in [0.29, 0.717) is 18.4 Å². The molecule has 0 aromatic rings. The summed E-state index contributed by atoms with van der Waals surface area (Å²) in [5.74, 6) is -0.982. The topological polar surface area (TPSA) is 83.8 Å². The molecule has 1 aliphatic carbocycles. The van der Waals surface area contributed by atoms with Crippen molar-refractivity contribution in [2.45, 2.75) is 86.4 Å². The van der Waals surface area contributed by atoms with E-state index in [0.717, 1.165) is 11.1 Å². The van der Waals surface area contributed by atoms with E-state index in [1.54, 1.807) is 27.7 Å². The van der Waals surface area contributed by atoms with Crippen molar-refractivity contribution < 1.29 is 24.5 Å².